The third-order valence-electron chi connectivity index (χ3n) is 3.69. The molecule has 1 aromatic carbocycles. The minimum Gasteiger partial charge on any atom is -0.481 e. The van der Waals surface area contributed by atoms with Gasteiger partial charge in [-0.1, -0.05) is 19.1 Å². The van der Waals surface area contributed by atoms with E-state index in [1.165, 1.54) is 5.56 Å². The van der Waals surface area contributed by atoms with Crippen molar-refractivity contribution in [1.29, 1.82) is 0 Å². The molecule has 2 rings (SSSR count). The molecule has 116 valence electrons. The molecule has 1 amide bonds. The highest BCUT2D eigenvalue weighted by molar-refractivity contribution is 5.81. The lowest BCUT2D eigenvalue weighted by Gasteiger charge is -2.16. The van der Waals surface area contributed by atoms with Crippen molar-refractivity contribution in [1.82, 2.24) is 10.6 Å². The van der Waals surface area contributed by atoms with Gasteiger partial charge in [0.25, 0.3) is 5.91 Å². The molecule has 0 aliphatic heterocycles. The maximum absolute atomic E-state index is 11.8. The molecule has 0 saturated heterocycles. The van der Waals surface area contributed by atoms with Gasteiger partial charge in [0.1, 0.15) is 5.75 Å². The number of rotatable bonds is 8. The summed E-state index contributed by atoms with van der Waals surface area (Å²) in [6.45, 7) is 7.11. The summed E-state index contributed by atoms with van der Waals surface area (Å²) in [5, 5.41) is 6.40. The van der Waals surface area contributed by atoms with E-state index in [1.54, 1.807) is 6.92 Å². The van der Waals surface area contributed by atoms with Gasteiger partial charge >= 0.3 is 0 Å². The molecular weight excluding hydrogens is 264 g/mol. The van der Waals surface area contributed by atoms with Crippen LogP contribution in [0, 0.1) is 0 Å². The van der Waals surface area contributed by atoms with Crippen LogP contribution in [0.2, 0.25) is 0 Å². The van der Waals surface area contributed by atoms with Crippen molar-refractivity contribution in [3.05, 3.63) is 29.8 Å². The summed E-state index contributed by atoms with van der Waals surface area (Å²) in [5.41, 5.74) is 1.23. The van der Waals surface area contributed by atoms with Gasteiger partial charge in [-0.2, -0.15) is 0 Å². The molecule has 1 fully saturated rings. The average molecular weight is 290 g/mol. The van der Waals surface area contributed by atoms with Crippen LogP contribution < -0.4 is 15.4 Å². The average Bonchev–Trinajstić information content (AvgIpc) is 3.29. The zero-order valence-electron chi connectivity index (χ0n) is 13.2. The fourth-order valence-corrected chi connectivity index (χ4v) is 2.12. The fraction of sp³-hybridized carbons (Fsp3) is 0.588. The SMILES string of the molecule is CCCNC(C)c1ccc(OC(C)C(=O)NC2CC2)cc1. The van der Waals surface area contributed by atoms with Gasteiger partial charge < -0.3 is 15.4 Å². The van der Waals surface area contributed by atoms with Crippen LogP contribution in [0.25, 0.3) is 0 Å². The summed E-state index contributed by atoms with van der Waals surface area (Å²) in [6.07, 6.45) is 2.86. The molecular formula is C17H26N2O2. The largest absolute Gasteiger partial charge is 0.481 e. The van der Waals surface area contributed by atoms with Crippen LogP contribution in [0.15, 0.2) is 24.3 Å². The maximum Gasteiger partial charge on any atom is 0.260 e. The summed E-state index contributed by atoms with van der Waals surface area (Å²) < 4.78 is 5.69. The number of hydrogen-bond donors (Lipinski definition) is 2. The van der Waals surface area contributed by atoms with Crippen LogP contribution in [0.3, 0.4) is 0 Å². The Bertz CT molecular complexity index is 454. The van der Waals surface area contributed by atoms with Gasteiger partial charge in [-0.3, -0.25) is 4.79 Å². The molecule has 2 atom stereocenters. The van der Waals surface area contributed by atoms with Crippen molar-refractivity contribution in [3.63, 3.8) is 0 Å². The quantitative estimate of drug-likeness (QED) is 0.774. The van der Waals surface area contributed by atoms with Gasteiger partial charge in [0.15, 0.2) is 6.10 Å². The second-order valence-corrected chi connectivity index (χ2v) is 5.79. The van der Waals surface area contributed by atoms with Crippen LogP contribution in [-0.4, -0.2) is 24.6 Å². The van der Waals surface area contributed by atoms with Gasteiger partial charge in [-0.15, -0.1) is 0 Å². The van der Waals surface area contributed by atoms with Crippen molar-refractivity contribution < 1.29 is 9.53 Å². The topological polar surface area (TPSA) is 50.4 Å². The van der Waals surface area contributed by atoms with Crippen LogP contribution >= 0.6 is 0 Å². The Morgan fingerprint density at radius 3 is 2.52 bits per heavy atom. The molecule has 0 spiro atoms. The summed E-state index contributed by atoms with van der Waals surface area (Å²) in [5.74, 6) is 0.708. The van der Waals surface area contributed by atoms with Gasteiger partial charge in [-0.25, -0.2) is 0 Å². The maximum atomic E-state index is 11.8. The second kappa shape index (κ2) is 7.46. The molecule has 0 radical (unpaired) electrons. The minimum atomic E-state index is -0.452. The highest BCUT2D eigenvalue weighted by Crippen LogP contribution is 2.20. The number of nitrogens with one attached hydrogen (secondary N) is 2. The monoisotopic (exact) mass is 290 g/mol. The molecule has 2 unspecified atom stereocenters. The van der Waals surface area contributed by atoms with Gasteiger partial charge in [0, 0.05) is 12.1 Å². The van der Waals surface area contributed by atoms with Crippen molar-refractivity contribution in [2.24, 2.45) is 0 Å². The lowest BCUT2D eigenvalue weighted by atomic mass is 10.1. The zero-order chi connectivity index (χ0) is 15.2. The third kappa shape index (κ3) is 5.05. The van der Waals surface area contributed by atoms with Gasteiger partial charge in [-0.05, 0) is 57.4 Å². The van der Waals surface area contributed by atoms with E-state index >= 15 is 0 Å². The van der Waals surface area contributed by atoms with Crippen molar-refractivity contribution in [3.8, 4) is 5.75 Å². The first-order chi connectivity index (χ1) is 10.1. The Balaban J connectivity index is 1.84. The molecule has 2 N–H and O–H groups in total. The molecule has 1 aliphatic rings. The van der Waals surface area contributed by atoms with E-state index in [2.05, 4.69) is 24.5 Å². The summed E-state index contributed by atoms with van der Waals surface area (Å²) >= 11 is 0. The lowest BCUT2D eigenvalue weighted by Crippen LogP contribution is -2.37. The molecule has 4 nitrogen and oxygen atoms in total. The molecule has 1 aromatic rings. The Kier molecular flexibility index (Phi) is 5.62. The predicted molar refractivity (Wildman–Crippen MR) is 84.4 cm³/mol. The van der Waals surface area contributed by atoms with Crippen LogP contribution in [0.5, 0.6) is 5.75 Å². The van der Waals surface area contributed by atoms with E-state index in [1.807, 2.05) is 24.3 Å². The summed E-state index contributed by atoms with van der Waals surface area (Å²) in [7, 11) is 0. The number of amides is 1. The van der Waals surface area contributed by atoms with Crippen LogP contribution in [0.4, 0.5) is 0 Å². The number of benzene rings is 1. The van der Waals surface area contributed by atoms with Crippen LogP contribution in [0.1, 0.15) is 51.6 Å². The van der Waals surface area contributed by atoms with E-state index < -0.39 is 6.10 Å². The first kappa shape index (κ1) is 15.8. The van der Waals surface area contributed by atoms with E-state index in [9.17, 15) is 4.79 Å². The highest BCUT2D eigenvalue weighted by atomic mass is 16.5. The molecule has 0 bridgehead atoms. The minimum absolute atomic E-state index is 0.0282. The van der Waals surface area contributed by atoms with E-state index in [0.717, 1.165) is 31.6 Å². The molecule has 0 heterocycles. The van der Waals surface area contributed by atoms with Crippen molar-refractivity contribution in [2.45, 2.75) is 58.2 Å². The van der Waals surface area contributed by atoms with E-state index in [-0.39, 0.29) is 5.91 Å². The molecule has 4 heteroatoms. The Labute approximate surface area is 127 Å². The standard InChI is InChI=1S/C17H26N2O2/c1-4-11-18-12(2)14-5-9-16(10-6-14)21-13(3)17(20)19-15-7-8-15/h5-6,9-10,12-13,15,18H,4,7-8,11H2,1-3H3,(H,19,20). The Morgan fingerprint density at radius 1 is 1.29 bits per heavy atom. The molecule has 0 aromatic heterocycles. The van der Waals surface area contributed by atoms with Crippen molar-refractivity contribution in [2.75, 3.05) is 6.54 Å². The molecule has 21 heavy (non-hydrogen) atoms. The van der Waals surface area contributed by atoms with E-state index in [0.29, 0.717) is 12.1 Å². The summed E-state index contributed by atoms with van der Waals surface area (Å²) in [6, 6.07) is 8.66. The number of ether oxygens (including phenoxy) is 1. The zero-order valence-corrected chi connectivity index (χ0v) is 13.2. The van der Waals surface area contributed by atoms with Crippen LogP contribution in [-0.2, 0) is 4.79 Å². The fourth-order valence-electron chi connectivity index (χ4n) is 2.12. The van der Waals surface area contributed by atoms with Crippen molar-refractivity contribution >= 4 is 5.91 Å². The van der Waals surface area contributed by atoms with E-state index in [4.69, 9.17) is 4.74 Å². The number of carbonyl (C=O) groups excluding carboxylic acids is 1. The first-order valence-corrected chi connectivity index (χ1v) is 7.90. The third-order valence-corrected chi connectivity index (χ3v) is 3.69. The Morgan fingerprint density at radius 2 is 1.95 bits per heavy atom. The number of carbonyl (C=O) groups is 1. The normalized spacial score (nSPS) is 17.1. The Hall–Kier alpha value is -1.55. The van der Waals surface area contributed by atoms with Gasteiger partial charge in [0.05, 0.1) is 0 Å². The smallest absolute Gasteiger partial charge is 0.260 e. The van der Waals surface area contributed by atoms with Gasteiger partial charge in [0.2, 0.25) is 0 Å². The first-order valence-electron chi connectivity index (χ1n) is 7.90. The summed E-state index contributed by atoms with van der Waals surface area (Å²) in [4.78, 5) is 11.8. The molecule has 1 saturated carbocycles. The second-order valence-electron chi connectivity index (χ2n) is 5.79. The number of hydrogen-bond acceptors (Lipinski definition) is 3. The lowest BCUT2D eigenvalue weighted by molar-refractivity contribution is -0.127. The predicted octanol–water partition coefficient (Wildman–Crippen LogP) is 2.79. The molecule has 1 aliphatic carbocycles. The highest BCUT2D eigenvalue weighted by Gasteiger charge is 2.26.